The highest BCUT2D eigenvalue weighted by Crippen LogP contribution is 2.23. The molecule has 0 amide bonds. The Balaban J connectivity index is 1.93. The zero-order valence-electron chi connectivity index (χ0n) is 12.3. The Morgan fingerprint density at radius 3 is 2.35 bits per heavy atom. The minimum Gasteiger partial charge on any atom is -0.356 e. The average molecular weight is 290 g/mol. The quantitative estimate of drug-likeness (QED) is 0.888. The van der Waals surface area contributed by atoms with E-state index in [2.05, 4.69) is 59.7 Å². The topological polar surface area (TPSA) is 63.8 Å². The van der Waals surface area contributed by atoms with E-state index in [1.54, 1.807) is 0 Å². The van der Waals surface area contributed by atoms with Gasteiger partial charge >= 0.3 is 0 Å². The lowest BCUT2D eigenvalue weighted by atomic mass is 9.96. The van der Waals surface area contributed by atoms with E-state index in [4.69, 9.17) is 5.73 Å². The molecule has 0 spiro atoms. The predicted molar refractivity (Wildman–Crippen MR) is 85.1 cm³/mol. The second kappa shape index (κ2) is 6.33. The molecule has 0 aliphatic heterocycles. The van der Waals surface area contributed by atoms with Crippen molar-refractivity contribution in [2.75, 3.05) is 11.9 Å². The van der Waals surface area contributed by atoms with Gasteiger partial charge in [0, 0.05) is 23.5 Å². The molecule has 4 nitrogen and oxygen atoms in total. The summed E-state index contributed by atoms with van der Waals surface area (Å²) in [4.78, 5) is 4.52. The first kappa shape index (κ1) is 14.9. The zero-order valence-corrected chi connectivity index (χ0v) is 13.1. The van der Waals surface area contributed by atoms with Crippen LogP contribution in [-0.4, -0.2) is 15.9 Å². The van der Waals surface area contributed by atoms with Gasteiger partial charge in [-0.2, -0.15) is 4.37 Å². The van der Waals surface area contributed by atoms with Crippen LogP contribution < -0.4 is 11.1 Å². The number of benzene rings is 1. The molecule has 0 unspecified atom stereocenters. The van der Waals surface area contributed by atoms with E-state index in [9.17, 15) is 0 Å². The lowest BCUT2D eigenvalue weighted by Crippen LogP contribution is -2.13. The molecule has 20 heavy (non-hydrogen) atoms. The van der Waals surface area contributed by atoms with Crippen molar-refractivity contribution in [1.82, 2.24) is 9.36 Å². The van der Waals surface area contributed by atoms with Crippen LogP contribution in [0.2, 0.25) is 0 Å². The average Bonchev–Trinajstić information content (AvgIpc) is 2.87. The van der Waals surface area contributed by atoms with Crippen LogP contribution in [0.4, 0.5) is 5.13 Å². The molecule has 108 valence electrons. The maximum atomic E-state index is 5.54. The van der Waals surface area contributed by atoms with Gasteiger partial charge in [0.25, 0.3) is 0 Å². The van der Waals surface area contributed by atoms with Crippen molar-refractivity contribution in [2.45, 2.75) is 39.2 Å². The molecule has 1 aromatic heterocycles. The first-order valence-electron chi connectivity index (χ1n) is 6.85. The van der Waals surface area contributed by atoms with E-state index >= 15 is 0 Å². The molecule has 5 heteroatoms. The van der Waals surface area contributed by atoms with Crippen LogP contribution in [0, 0.1) is 0 Å². The summed E-state index contributed by atoms with van der Waals surface area (Å²) in [5, 5.41) is 4.20. The van der Waals surface area contributed by atoms with Crippen molar-refractivity contribution in [3.8, 4) is 0 Å². The Hall–Kier alpha value is -1.46. The van der Waals surface area contributed by atoms with E-state index < -0.39 is 0 Å². The summed E-state index contributed by atoms with van der Waals surface area (Å²) in [6.07, 6.45) is 0.930. The SMILES string of the molecule is CC(C)(C)c1nsc(NCc2ccc(CCN)cc2)n1. The van der Waals surface area contributed by atoms with Crippen molar-refractivity contribution in [1.29, 1.82) is 0 Å². The maximum Gasteiger partial charge on any atom is 0.202 e. The van der Waals surface area contributed by atoms with Gasteiger partial charge in [0.05, 0.1) is 0 Å². The summed E-state index contributed by atoms with van der Waals surface area (Å²) in [7, 11) is 0. The monoisotopic (exact) mass is 290 g/mol. The molecule has 0 fully saturated rings. The molecule has 2 aromatic rings. The van der Waals surface area contributed by atoms with E-state index in [1.165, 1.54) is 22.7 Å². The van der Waals surface area contributed by atoms with Crippen LogP contribution in [-0.2, 0) is 18.4 Å². The fraction of sp³-hybridized carbons (Fsp3) is 0.467. The highest BCUT2D eigenvalue weighted by atomic mass is 32.1. The largest absolute Gasteiger partial charge is 0.356 e. The first-order chi connectivity index (χ1) is 9.49. The van der Waals surface area contributed by atoms with Gasteiger partial charge < -0.3 is 11.1 Å². The van der Waals surface area contributed by atoms with Crippen molar-refractivity contribution in [3.05, 3.63) is 41.2 Å². The lowest BCUT2D eigenvalue weighted by molar-refractivity contribution is 0.555. The number of rotatable bonds is 5. The number of nitrogens with two attached hydrogens (primary N) is 1. The van der Waals surface area contributed by atoms with Crippen LogP contribution in [0.25, 0.3) is 0 Å². The van der Waals surface area contributed by atoms with Crippen molar-refractivity contribution in [3.63, 3.8) is 0 Å². The van der Waals surface area contributed by atoms with E-state index in [-0.39, 0.29) is 5.41 Å². The van der Waals surface area contributed by atoms with Gasteiger partial charge in [-0.15, -0.1) is 0 Å². The third-order valence-electron chi connectivity index (χ3n) is 3.00. The Morgan fingerprint density at radius 1 is 1.15 bits per heavy atom. The second-order valence-electron chi connectivity index (χ2n) is 5.88. The molecule has 3 N–H and O–H groups in total. The summed E-state index contributed by atoms with van der Waals surface area (Å²) >= 11 is 1.42. The Kier molecular flexibility index (Phi) is 4.73. The predicted octanol–water partition coefficient (Wildman–Crippen LogP) is 2.95. The van der Waals surface area contributed by atoms with Gasteiger partial charge in [-0.05, 0) is 24.1 Å². The summed E-state index contributed by atoms with van der Waals surface area (Å²) < 4.78 is 4.39. The van der Waals surface area contributed by atoms with Gasteiger partial charge in [-0.1, -0.05) is 45.0 Å². The standard InChI is InChI=1S/C15H22N4S/c1-15(2,3)13-18-14(20-19-13)17-10-12-6-4-11(5-7-12)8-9-16/h4-7H,8-10,16H2,1-3H3,(H,17,18,19). The third-order valence-corrected chi connectivity index (χ3v) is 3.67. The first-order valence-corrected chi connectivity index (χ1v) is 7.62. The molecule has 1 heterocycles. The molecule has 0 atom stereocenters. The molecule has 0 aliphatic carbocycles. The zero-order chi connectivity index (χ0) is 14.6. The summed E-state index contributed by atoms with van der Waals surface area (Å²) in [5.41, 5.74) is 8.06. The van der Waals surface area contributed by atoms with Crippen LogP contribution in [0.3, 0.4) is 0 Å². The number of hydrogen-bond acceptors (Lipinski definition) is 5. The molecule has 0 aliphatic rings. The third kappa shape index (κ3) is 4.02. The molecular formula is C15H22N4S. The van der Waals surface area contributed by atoms with Crippen LogP contribution in [0.1, 0.15) is 37.7 Å². The number of hydrogen-bond donors (Lipinski definition) is 2. The van der Waals surface area contributed by atoms with Crippen molar-refractivity contribution >= 4 is 16.7 Å². The Morgan fingerprint density at radius 2 is 1.80 bits per heavy atom. The van der Waals surface area contributed by atoms with E-state index in [0.717, 1.165) is 23.9 Å². The van der Waals surface area contributed by atoms with E-state index in [0.29, 0.717) is 6.54 Å². The van der Waals surface area contributed by atoms with Crippen molar-refractivity contribution in [2.24, 2.45) is 5.73 Å². The summed E-state index contributed by atoms with van der Waals surface area (Å²) in [6, 6.07) is 8.52. The lowest BCUT2D eigenvalue weighted by Gasteiger charge is -2.12. The number of aromatic nitrogens is 2. The van der Waals surface area contributed by atoms with Gasteiger partial charge in [-0.25, -0.2) is 4.98 Å². The second-order valence-corrected chi connectivity index (χ2v) is 6.63. The number of anilines is 1. The fourth-order valence-electron chi connectivity index (χ4n) is 1.77. The molecule has 1 aromatic carbocycles. The molecule has 2 rings (SSSR count). The molecule has 0 radical (unpaired) electrons. The minimum absolute atomic E-state index is 0.000299. The summed E-state index contributed by atoms with van der Waals surface area (Å²) in [6.45, 7) is 7.82. The van der Waals surface area contributed by atoms with Gasteiger partial charge in [0.15, 0.2) is 0 Å². The molecular weight excluding hydrogens is 268 g/mol. The van der Waals surface area contributed by atoms with Gasteiger partial charge in [0.1, 0.15) is 5.82 Å². The minimum atomic E-state index is 0.000299. The fourth-order valence-corrected chi connectivity index (χ4v) is 2.52. The number of nitrogens with one attached hydrogen (secondary N) is 1. The molecule has 0 bridgehead atoms. The Bertz CT molecular complexity index is 540. The van der Waals surface area contributed by atoms with Crippen molar-refractivity contribution < 1.29 is 0 Å². The highest BCUT2D eigenvalue weighted by Gasteiger charge is 2.19. The number of nitrogens with zero attached hydrogens (tertiary/aromatic N) is 2. The van der Waals surface area contributed by atoms with E-state index in [1.807, 2.05) is 0 Å². The Labute approximate surface area is 124 Å². The van der Waals surface area contributed by atoms with Crippen LogP contribution in [0.5, 0.6) is 0 Å². The molecule has 0 saturated heterocycles. The van der Waals surface area contributed by atoms with Crippen LogP contribution >= 0.6 is 11.5 Å². The molecule has 0 saturated carbocycles. The highest BCUT2D eigenvalue weighted by molar-refractivity contribution is 7.09. The normalized spacial score (nSPS) is 11.6. The van der Waals surface area contributed by atoms with Gasteiger partial charge in [0.2, 0.25) is 5.13 Å². The maximum absolute atomic E-state index is 5.54. The smallest absolute Gasteiger partial charge is 0.202 e. The van der Waals surface area contributed by atoms with Gasteiger partial charge in [-0.3, -0.25) is 0 Å². The van der Waals surface area contributed by atoms with Crippen LogP contribution in [0.15, 0.2) is 24.3 Å². The summed E-state index contributed by atoms with van der Waals surface area (Å²) in [5.74, 6) is 0.892.